The minimum absolute atomic E-state index is 0.795. The number of anilines is 3. The lowest BCUT2D eigenvalue weighted by Crippen LogP contribution is -2.11. The van der Waals surface area contributed by atoms with E-state index in [0.29, 0.717) is 0 Å². The van der Waals surface area contributed by atoms with Gasteiger partial charge in [0.05, 0.1) is 11.4 Å². The summed E-state index contributed by atoms with van der Waals surface area (Å²) in [5.41, 5.74) is 8.88. The molecule has 2 heteroatoms. The molecule has 0 saturated heterocycles. The smallest absolute Gasteiger partial charge is 0.0641 e. The standard InChI is InChI=1S/C13H14N2/c1-15(11-7-3-2-4-8-11)13-10-6-5-9-12(13)14/h2-10H,14H2,1H3. The third kappa shape index (κ3) is 1.94. The first-order valence-electron chi connectivity index (χ1n) is 4.92. The summed E-state index contributed by atoms with van der Waals surface area (Å²) in [4.78, 5) is 2.08. The minimum Gasteiger partial charge on any atom is -0.397 e. The molecule has 0 fully saturated rings. The van der Waals surface area contributed by atoms with Gasteiger partial charge in [-0.2, -0.15) is 0 Å². The van der Waals surface area contributed by atoms with Crippen LogP contribution in [0.15, 0.2) is 54.6 Å². The van der Waals surface area contributed by atoms with E-state index in [-0.39, 0.29) is 0 Å². The van der Waals surface area contributed by atoms with Crippen molar-refractivity contribution in [2.45, 2.75) is 0 Å². The van der Waals surface area contributed by atoms with Gasteiger partial charge in [-0.05, 0) is 24.3 Å². The molecule has 2 nitrogen and oxygen atoms in total. The van der Waals surface area contributed by atoms with Gasteiger partial charge in [-0.1, -0.05) is 30.3 Å². The summed E-state index contributed by atoms with van der Waals surface area (Å²) in [7, 11) is 2.01. The number of hydrogen-bond donors (Lipinski definition) is 1. The molecule has 2 rings (SSSR count). The van der Waals surface area contributed by atoms with Crippen LogP contribution < -0.4 is 10.6 Å². The summed E-state index contributed by atoms with van der Waals surface area (Å²) in [6.45, 7) is 0. The number of para-hydroxylation sites is 3. The number of rotatable bonds is 2. The molecule has 0 unspecified atom stereocenters. The zero-order chi connectivity index (χ0) is 10.7. The normalized spacial score (nSPS) is 9.93. The maximum atomic E-state index is 5.92. The Morgan fingerprint density at radius 2 is 1.47 bits per heavy atom. The van der Waals surface area contributed by atoms with E-state index >= 15 is 0 Å². The summed E-state index contributed by atoms with van der Waals surface area (Å²) in [6.07, 6.45) is 0. The van der Waals surface area contributed by atoms with Crippen LogP contribution in [0.1, 0.15) is 0 Å². The zero-order valence-electron chi connectivity index (χ0n) is 8.72. The molecule has 15 heavy (non-hydrogen) atoms. The molecule has 0 amide bonds. The lowest BCUT2D eigenvalue weighted by molar-refractivity contribution is 1.21. The van der Waals surface area contributed by atoms with Crippen LogP contribution in [0, 0.1) is 0 Å². The largest absolute Gasteiger partial charge is 0.397 e. The Morgan fingerprint density at radius 1 is 0.867 bits per heavy atom. The van der Waals surface area contributed by atoms with Gasteiger partial charge >= 0.3 is 0 Å². The predicted molar refractivity (Wildman–Crippen MR) is 65.4 cm³/mol. The van der Waals surface area contributed by atoms with Crippen LogP contribution in [0.4, 0.5) is 17.1 Å². The number of nitrogens with zero attached hydrogens (tertiary/aromatic N) is 1. The van der Waals surface area contributed by atoms with E-state index < -0.39 is 0 Å². The molecule has 0 aliphatic carbocycles. The number of benzene rings is 2. The van der Waals surface area contributed by atoms with Crippen molar-refractivity contribution in [2.24, 2.45) is 0 Å². The van der Waals surface area contributed by atoms with Crippen molar-refractivity contribution >= 4 is 17.1 Å². The summed E-state index contributed by atoms with van der Waals surface area (Å²) in [6, 6.07) is 18.0. The fraction of sp³-hybridized carbons (Fsp3) is 0.0769. The van der Waals surface area contributed by atoms with Crippen molar-refractivity contribution in [3.8, 4) is 0 Å². The Kier molecular flexibility index (Phi) is 2.59. The van der Waals surface area contributed by atoms with Crippen molar-refractivity contribution in [3.63, 3.8) is 0 Å². The second kappa shape index (κ2) is 4.05. The molecule has 0 aliphatic rings. The zero-order valence-corrected chi connectivity index (χ0v) is 8.72. The fourth-order valence-corrected chi connectivity index (χ4v) is 1.58. The fourth-order valence-electron chi connectivity index (χ4n) is 1.58. The molecule has 2 aromatic rings. The quantitative estimate of drug-likeness (QED) is 0.751. The average Bonchev–Trinajstić information content (AvgIpc) is 2.30. The first-order chi connectivity index (χ1) is 7.29. The van der Waals surface area contributed by atoms with Gasteiger partial charge in [0, 0.05) is 12.7 Å². The number of nitrogen functional groups attached to an aromatic ring is 1. The highest BCUT2D eigenvalue weighted by Crippen LogP contribution is 2.27. The van der Waals surface area contributed by atoms with Crippen LogP contribution in [-0.2, 0) is 0 Å². The minimum atomic E-state index is 0.795. The molecule has 0 spiro atoms. The van der Waals surface area contributed by atoms with E-state index in [9.17, 15) is 0 Å². The second-order valence-electron chi connectivity index (χ2n) is 3.45. The number of hydrogen-bond acceptors (Lipinski definition) is 2. The molecule has 0 bridgehead atoms. The maximum Gasteiger partial charge on any atom is 0.0641 e. The van der Waals surface area contributed by atoms with Gasteiger partial charge in [-0.25, -0.2) is 0 Å². The topological polar surface area (TPSA) is 29.3 Å². The van der Waals surface area contributed by atoms with Gasteiger partial charge in [-0.15, -0.1) is 0 Å². The van der Waals surface area contributed by atoms with E-state index in [1.807, 2.05) is 49.5 Å². The van der Waals surface area contributed by atoms with Gasteiger partial charge in [0.1, 0.15) is 0 Å². The predicted octanol–water partition coefficient (Wildman–Crippen LogP) is 3.04. The van der Waals surface area contributed by atoms with Gasteiger partial charge in [0.15, 0.2) is 0 Å². The van der Waals surface area contributed by atoms with Gasteiger partial charge in [-0.3, -0.25) is 0 Å². The Morgan fingerprint density at radius 3 is 2.13 bits per heavy atom. The molecule has 2 aromatic carbocycles. The molecule has 0 aliphatic heterocycles. The molecular weight excluding hydrogens is 184 g/mol. The van der Waals surface area contributed by atoms with E-state index in [4.69, 9.17) is 5.73 Å². The lowest BCUT2D eigenvalue weighted by Gasteiger charge is -2.20. The Hall–Kier alpha value is -1.96. The van der Waals surface area contributed by atoms with Crippen LogP contribution in [0.3, 0.4) is 0 Å². The average molecular weight is 198 g/mol. The van der Waals surface area contributed by atoms with E-state index in [0.717, 1.165) is 17.1 Å². The van der Waals surface area contributed by atoms with Crippen molar-refractivity contribution in [2.75, 3.05) is 17.7 Å². The van der Waals surface area contributed by atoms with Gasteiger partial charge in [0.2, 0.25) is 0 Å². The SMILES string of the molecule is CN(c1ccccc1)c1ccccc1N. The van der Waals surface area contributed by atoms with Crippen molar-refractivity contribution in [3.05, 3.63) is 54.6 Å². The second-order valence-corrected chi connectivity index (χ2v) is 3.45. The summed E-state index contributed by atoms with van der Waals surface area (Å²) < 4.78 is 0. The van der Waals surface area contributed by atoms with Crippen LogP contribution in [0.25, 0.3) is 0 Å². The summed E-state index contributed by atoms with van der Waals surface area (Å²) in [5, 5.41) is 0. The highest BCUT2D eigenvalue weighted by atomic mass is 15.1. The third-order valence-electron chi connectivity index (χ3n) is 2.44. The molecule has 0 saturated carbocycles. The van der Waals surface area contributed by atoms with E-state index in [1.165, 1.54) is 0 Å². The summed E-state index contributed by atoms with van der Waals surface area (Å²) >= 11 is 0. The van der Waals surface area contributed by atoms with E-state index in [2.05, 4.69) is 17.0 Å². The lowest BCUT2D eigenvalue weighted by atomic mass is 10.2. The number of nitrogens with two attached hydrogens (primary N) is 1. The molecule has 0 atom stereocenters. The van der Waals surface area contributed by atoms with Gasteiger partial charge < -0.3 is 10.6 Å². The molecule has 0 heterocycles. The van der Waals surface area contributed by atoms with Crippen LogP contribution in [-0.4, -0.2) is 7.05 Å². The van der Waals surface area contributed by atoms with Crippen molar-refractivity contribution in [1.82, 2.24) is 0 Å². The van der Waals surface area contributed by atoms with E-state index in [1.54, 1.807) is 0 Å². The summed E-state index contributed by atoms with van der Waals surface area (Å²) in [5.74, 6) is 0. The Bertz CT molecular complexity index is 437. The van der Waals surface area contributed by atoms with Crippen LogP contribution >= 0.6 is 0 Å². The van der Waals surface area contributed by atoms with Crippen molar-refractivity contribution < 1.29 is 0 Å². The van der Waals surface area contributed by atoms with Crippen LogP contribution in [0.2, 0.25) is 0 Å². The highest BCUT2D eigenvalue weighted by Gasteiger charge is 2.05. The molecule has 0 radical (unpaired) electrons. The van der Waals surface area contributed by atoms with Gasteiger partial charge in [0.25, 0.3) is 0 Å². The Labute approximate surface area is 90.0 Å². The molecular formula is C13H14N2. The molecule has 76 valence electrons. The monoisotopic (exact) mass is 198 g/mol. The molecule has 0 aromatic heterocycles. The third-order valence-corrected chi connectivity index (χ3v) is 2.44. The maximum absolute atomic E-state index is 5.92. The first kappa shape index (κ1) is 9.59. The van der Waals surface area contributed by atoms with Crippen molar-refractivity contribution in [1.29, 1.82) is 0 Å². The van der Waals surface area contributed by atoms with Crippen LogP contribution in [0.5, 0.6) is 0 Å². The Balaban J connectivity index is 2.37. The highest BCUT2D eigenvalue weighted by molar-refractivity contribution is 5.73. The first-order valence-corrected chi connectivity index (χ1v) is 4.92. The molecule has 2 N–H and O–H groups in total.